The highest BCUT2D eigenvalue weighted by Crippen LogP contribution is 2.64. The zero-order valence-corrected chi connectivity index (χ0v) is 23.2. The number of hydrogen-bond acceptors (Lipinski definition) is 7. The van der Waals surface area contributed by atoms with Gasteiger partial charge in [-0.25, -0.2) is 4.79 Å². The Hall–Kier alpha value is -1.89. The summed E-state index contributed by atoms with van der Waals surface area (Å²) in [5, 5.41) is 12.9. The molecule has 210 valence electrons. The SMILES string of the molecule is CC(C)(C)OC(=O)N[C@H](C(=O)N1[C@H](C#N)C[C@@H]2C[C@@H]21)C12CC3C[C@H](CC(OCCN4CCOCC4)(C3)C1)C2. The second-order valence-electron chi connectivity index (χ2n) is 14.1. The first-order valence-corrected chi connectivity index (χ1v) is 14.7. The first-order valence-electron chi connectivity index (χ1n) is 14.7. The smallest absolute Gasteiger partial charge is 0.408 e. The van der Waals surface area contributed by atoms with Gasteiger partial charge >= 0.3 is 6.09 Å². The van der Waals surface area contributed by atoms with Crippen LogP contribution < -0.4 is 5.32 Å². The van der Waals surface area contributed by atoms with Crippen LogP contribution in [0.15, 0.2) is 0 Å². The Labute approximate surface area is 226 Å². The van der Waals surface area contributed by atoms with E-state index in [-0.39, 0.29) is 23.0 Å². The number of nitrogens with zero attached hydrogens (tertiary/aromatic N) is 3. The van der Waals surface area contributed by atoms with Crippen LogP contribution in [0, 0.1) is 34.5 Å². The van der Waals surface area contributed by atoms with Crippen molar-refractivity contribution in [1.82, 2.24) is 15.1 Å². The van der Waals surface area contributed by atoms with Gasteiger partial charge in [-0.2, -0.15) is 5.26 Å². The van der Waals surface area contributed by atoms with Gasteiger partial charge < -0.3 is 24.4 Å². The minimum atomic E-state index is -0.694. The predicted octanol–water partition coefficient (Wildman–Crippen LogP) is 3.08. The van der Waals surface area contributed by atoms with Crippen molar-refractivity contribution in [2.75, 3.05) is 39.5 Å². The summed E-state index contributed by atoms with van der Waals surface area (Å²) < 4.78 is 17.9. The summed E-state index contributed by atoms with van der Waals surface area (Å²) in [6.45, 7) is 10.5. The molecule has 3 unspecified atom stereocenters. The minimum absolute atomic E-state index is 0.0853. The number of fused-ring (bicyclic) bond motifs is 1. The number of rotatable bonds is 7. The van der Waals surface area contributed by atoms with Crippen molar-refractivity contribution < 1.29 is 23.8 Å². The highest BCUT2D eigenvalue weighted by atomic mass is 16.6. The lowest BCUT2D eigenvalue weighted by Gasteiger charge is -2.63. The molecule has 5 saturated carbocycles. The molecule has 38 heavy (non-hydrogen) atoms. The summed E-state index contributed by atoms with van der Waals surface area (Å²) in [6.07, 6.45) is 7.05. The molecule has 2 aliphatic heterocycles. The Balaban J connectivity index is 1.24. The predicted molar refractivity (Wildman–Crippen MR) is 139 cm³/mol. The lowest BCUT2D eigenvalue weighted by molar-refractivity contribution is -0.204. The third-order valence-corrected chi connectivity index (χ3v) is 10.0. The Morgan fingerprint density at radius 3 is 2.47 bits per heavy atom. The summed E-state index contributed by atoms with van der Waals surface area (Å²) in [6, 6.07) is 1.41. The number of amides is 2. The molecule has 9 nitrogen and oxygen atoms in total. The molecule has 2 amide bonds. The van der Waals surface area contributed by atoms with Crippen LogP contribution in [0.5, 0.6) is 0 Å². The molecule has 0 radical (unpaired) electrons. The zero-order valence-electron chi connectivity index (χ0n) is 23.2. The average molecular weight is 529 g/mol. The molecule has 2 heterocycles. The van der Waals surface area contributed by atoms with Crippen LogP contribution in [0.3, 0.4) is 0 Å². The number of hydrogen-bond donors (Lipinski definition) is 1. The van der Waals surface area contributed by atoms with Gasteiger partial charge in [-0.3, -0.25) is 9.69 Å². The van der Waals surface area contributed by atoms with Gasteiger partial charge in [-0.15, -0.1) is 0 Å². The van der Waals surface area contributed by atoms with Crippen molar-refractivity contribution in [3.63, 3.8) is 0 Å². The van der Waals surface area contributed by atoms with Crippen LogP contribution in [0.25, 0.3) is 0 Å². The number of nitriles is 1. The number of carbonyl (C=O) groups is 2. The van der Waals surface area contributed by atoms with Gasteiger partial charge in [0.2, 0.25) is 5.91 Å². The third-order valence-electron chi connectivity index (χ3n) is 10.0. The van der Waals surface area contributed by atoms with Crippen LogP contribution >= 0.6 is 0 Å². The molecule has 0 aromatic carbocycles. The molecule has 0 aromatic rings. The molecule has 1 N–H and O–H groups in total. The lowest BCUT2D eigenvalue weighted by atomic mass is 9.46. The van der Waals surface area contributed by atoms with Crippen molar-refractivity contribution >= 4 is 12.0 Å². The number of alkyl carbamates (subject to hydrolysis) is 1. The van der Waals surface area contributed by atoms with Gasteiger partial charge in [0.15, 0.2) is 0 Å². The molecule has 0 spiro atoms. The lowest BCUT2D eigenvalue weighted by Crippen LogP contribution is -2.67. The van der Waals surface area contributed by atoms with Crippen LogP contribution in [-0.4, -0.2) is 90.6 Å². The number of morpholine rings is 1. The van der Waals surface area contributed by atoms with E-state index in [9.17, 15) is 14.9 Å². The average Bonchev–Trinajstić information content (AvgIpc) is 3.50. The van der Waals surface area contributed by atoms with E-state index in [0.717, 1.165) is 77.8 Å². The standard InChI is InChI=1S/C29H44N4O5/c1-27(2,3)38-26(35)31-24(25(34)33-22(17-30)11-21-12-23(21)33)28-13-19-10-20(14-28)16-29(15-19,18-28)37-9-6-32-4-7-36-8-5-32/h19-24H,4-16,18H2,1-3H3,(H,31,35)/t19-,20?,21+,22-,23-,24+,28?,29?/m0/s1. The van der Waals surface area contributed by atoms with E-state index in [4.69, 9.17) is 14.2 Å². The molecule has 7 aliphatic rings. The van der Waals surface area contributed by atoms with E-state index in [2.05, 4.69) is 16.3 Å². The summed E-state index contributed by atoms with van der Waals surface area (Å²) in [5.74, 6) is 1.33. The van der Waals surface area contributed by atoms with Crippen LogP contribution in [-0.2, 0) is 19.0 Å². The van der Waals surface area contributed by atoms with Crippen molar-refractivity contribution in [2.45, 2.75) is 101 Å². The highest BCUT2D eigenvalue weighted by molar-refractivity contribution is 5.88. The zero-order chi connectivity index (χ0) is 26.7. The second kappa shape index (κ2) is 9.64. The van der Waals surface area contributed by atoms with Gasteiger partial charge in [0.1, 0.15) is 17.7 Å². The normalized spacial score (nSPS) is 40.4. The molecule has 0 aromatic heterocycles. The fourth-order valence-corrected chi connectivity index (χ4v) is 8.91. The highest BCUT2D eigenvalue weighted by Gasteiger charge is 2.64. The van der Waals surface area contributed by atoms with Crippen LogP contribution in [0.4, 0.5) is 4.79 Å². The van der Waals surface area contributed by atoms with Crippen LogP contribution in [0.1, 0.15) is 72.1 Å². The van der Waals surface area contributed by atoms with E-state index in [1.54, 1.807) is 0 Å². The molecule has 7 fully saturated rings. The molecule has 8 atom stereocenters. The Morgan fingerprint density at radius 2 is 1.82 bits per heavy atom. The van der Waals surface area contributed by atoms with Gasteiger partial charge in [-0.1, -0.05) is 0 Å². The molecule has 4 bridgehead atoms. The summed E-state index contributed by atoms with van der Waals surface area (Å²) >= 11 is 0. The maximum atomic E-state index is 14.3. The first-order chi connectivity index (χ1) is 18.1. The van der Waals surface area contributed by atoms with Gasteiger partial charge in [-0.05, 0) is 89.9 Å². The van der Waals surface area contributed by atoms with Crippen molar-refractivity contribution in [1.29, 1.82) is 5.26 Å². The molecule has 7 rings (SSSR count). The van der Waals surface area contributed by atoms with E-state index in [0.29, 0.717) is 24.4 Å². The molecular formula is C29H44N4O5. The van der Waals surface area contributed by atoms with Crippen molar-refractivity contribution in [3.05, 3.63) is 0 Å². The number of nitrogens with one attached hydrogen (secondary N) is 1. The van der Waals surface area contributed by atoms with Gasteiger partial charge in [0, 0.05) is 31.1 Å². The Bertz CT molecular complexity index is 968. The minimum Gasteiger partial charge on any atom is -0.444 e. The van der Waals surface area contributed by atoms with E-state index >= 15 is 0 Å². The topological polar surface area (TPSA) is 104 Å². The summed E-state index contributed by atoms with van der Waals surface area (Å²) in [5.41, 5.74) is -1.27. The first kappa shape index (κ1) is 26.3. The summed E-state index contributed by atoms with van der Waals surface area (Å²) in [4.78, 5) is 31.7. The van der Waals surface area contributed by atoms with E-state index < -0.39 is 23.8 Å². The molecule has 9 heteroatoms. The Kier molecular flexibility index (Phi) is 6.68. The molecule has 2 saturated heterocycles. The quantitative estimate of drug-likeness (QED) is 0.542. The number of carbonyl (C=O) groups excluding carboxylic acids is 2. The molecular weight excluding hydrogens is 484 g/mol. The maximum absolute atomic E-state index is 14.3. The van der Waals surface area contributed by atoms with Crippen molar-refractivity contribution in [3.8, 4) is 6.07 Å². The monoisotopic (exact) mass is 528 g/mol. The van der Waals surface area contributed by atoms with E-state index in [1.807, 2.05) is 25.7 Å². The summed E-state index contributed by atoms with van der Waals surface area (Å²) in [7, 11) is 0. The van der Waals surface area contributed by atoms with E-state index in [1.165, 1.54) is 6.42 Å². The fraction of sp³-hybridized carbons (Fsp3) is 0.897. The van der Waals surface area contributed by atoms with Gasteiger partial charge in [0.25, 0.3) is 0 Å². The number of piperidine rings is 1. The molecule has 5 aliphatic carbocycles. The number of likely N-dealkylation sites (tertiary alicyclic amines) is 1. The third kappa shape index (κ3) is 5.04. The number of ether oxygens (including phenoxy) is 3. The van der Waals surface area contributed by atoms with Crippen molar-refractivity contribution in [2.24, 2.45) is 23.2 Å². The Morgan fingerprint density at radius 1 is 1.11 bits per heavy atom. The second-order valence-corrected chi connectivity index (χ2v) is 14.1. The maximum Gasteiger partial charge on any atom is 0.408 e. The van der Waals surface area contributed by atoms with Gasteiger partial charge in [0.05, 0.1) is 31.5 Å². The fourth-order valence-electron chi connectivity index (χ4n) is 8.91. The van der Waals surface area contributed by atoms with Crippen LogP contribution in [0.2, 0.25) is 0 Å². The largest absolute Gasteiger partial charge is 0.444 e.